The molecule has 0 N–H and O–H groups in total. The van der Waals surface area contributed by atoms with E-state index >= 15 is 0 Å². The lowest BCUT2D eigenvalue weighted by Gasteiger charge is -2.04. The van der Waals surface area contributed by atoms with Gasteiger partial charge < -0.3 is 4.42 Å². The highest BCUT2D eigenvalue weighted by molar-refractivity contribution is 7.13. The van der Waals surface area contributed by atoms with Crippen LogP contribution in [-0.4, -0.2) is 25.1 Å². The Bertz CT molecular complexity index is 934. The summed E-state index contributed by atoms with van der Waals surface area (Å²) in [5.41, 5.74) is 3.01. The molecule has 0 aromatic carbocycles. The van der Waals surface area contributed by atoms with Crippen LogP contribution >= 0.6 is 11.3 Å². The Morgan fingerprint density at radius 2 is 1.87 bits per heavy atom. The van der Waals surface area contributed by atoms with Crippen LogP contribution in [0.5, 0.6) is 0 Å². The smallest absolute Gasteiger partial charge is 0.268 e. The van der Waals surface area contributed by atoms with Crippen molar-refractivity contribution in [2.24, 2.45) is 0 Å². The maximum absolute atomic E-state index is 5.76. The summed E-state index contributed by atoms with van der Waals surface area (Å²) in [5, 5.41) is 10.2. The predicted octanol–water partition coefficient (Wildman–Crippen LogP) is 3.63. The number of aryl methyl sites for hydroxylation is 1. The van der Waals surface area contributed by atoms with Crippen molar-refractivity contribution in [1.29, 1.82) is 0 Å². The van der Waals surface area contributed by atoms with E-state index in [9.17, 15) is 0 Å². The van der Waals surface area contributed by atoms with Crippen LogP contribution in [-0.2, 0) is 0 Å². The zero-order valence-corrected chi connectivity index (χ0v) is 13.0. The standard InChI is InChI=1S/C16H11N5OS/c1-10-14(16-21-20-15(22-16)13-3-2-8-23-13)19-12(9-18-10)11-4-6-17-7-5-11/h2-9H,1H3. The summed E-state index contributed by atoms with van der Waals surface area (Å²) < 4.78 is 5.76. The van der Waals surface area contributed by atoms with E-state index in [1.807, 2.05) is 36.6 Å². The van der Waals surface area contributed by atoms with Crippen molar-refractivity contribution in [3.8, 4) is 33.6 Å². The van der Waals surface area contributed by atoms with Crippen molar-refractivity contribution in [1.82, 2.24) is 25.1 Å². The fraction of sp³-hybridized carbons (Fsp3) is 0.0625. The van der Waals surface area contributed by atoms with Crippen molar-refractivity contribution in [2.45, 2.75) is 6.92 Å². The molecule has 0 aliphatic rings. The minimum Gasteiger partial charge on any atom is -0.414 e. The van der Waals surface area contributed by atoms with E-state index in [4.69, 9.17) is 4.42 Å². The van der Waals surface area contributed by atoms with Crippen LogP contribution in [0.3, 0.4) is 0 Å². The Morgan fingerprint density at radius 3 is 2.65 bits per heavy atom. The van der Waals surface area contributed by atoms with Crippen molar-refractivity contribution in [3.63, 3.8) is 0 Å². The summed E-state index contributed by atoms with van der Waals surface area (Å²) >= 11 is 1.55. The van der Waals surface area contributed by atoms with Crippen molar-refractivity contribution < 1.29 is 4.42 Å². The normalized spacial score (nSPS) is 10.8. The Hall–Kier alpha value is -2.93. The molecule has 4 aromatic heterocycles. The third-order valence-electron chi connectivity index (χ3n) is 3.29. The molecule has 0 amide bonds. The van der Waals surface area contributed by atoms with Crippen LogP contribution < -0.4 is 0 Å². The second-order valence-electron chi connectivity index (χ2n) is 4.81. The van der Waals surface area contributed by atoms with Gasteiger partial charge in [-0.25, -0.2) is 4.98 Å². The molecule has 4 heterocycles. The summed E-state index contributed by atoms with van der Waals surface area (Å²) in [6.45, 7) is 1.87. The number of rotatable bonds is 3. The molecule has 4 aromatic rings. The Kier molecular flexibility index (Phi) is 3.39. The Balaban J connectivity index is 1.77. The average molecular weight is 321 g/mol. The largest absolute Gasteiger partial charge is 0.414 e. The van der Waals surface area contributed by atoms with Gasteiger partial charge in [-0.15, -0.1) is 21.5 Å². The highest BCUT2D eigenvalue weighted by atomic mass is 32.1. The zero-order valence-electron chi connectivity index (χ0n) is 12.2. The van der Waals surface area contributed by atoms with Crippen molar-refractivity contribution in [2.75, 3.05) is 0 Å². The quantitative estimate of drug-likeness (QED) is 0.573. The lowest BCUT2D eigenvalue weighted by atomic mass is 10.2. The molecule has 112 valence electrons. The lowest BCUT2D eigenvalue weighted by Crippen LogP contribution is -1.95. The van der Waals surface area contributed by atoms with Crippen LogP contribution in [0.1, 0.15) is 5.69 Å². The van der Waals surface area contributed by atoms with Gasteiger partial charge in [-0.05, 0) is 30.5 Å². The van der Waals surface area contributed by atoms with Gasteiger partial charge in [0.25, 0.3) is 11.8 Å². The maximum atomic E-state index is 5.76. The van der Waals surface area contributed by atoms with Gasteiger partial charge in [-0.2, -0.15) is 0 Å². The molecule has 7 heteroatoms. The van der Waals surface area contributed by atoms with Gasteiger partial charge in [0.2, 0.25) is 0 Å². The monoisotopic (exact) mass is 321 g/mol. The van der Waals surface area contributed by atoms with E-state index in [1.165, 1.54) is 0 Å². The highest BCUT2D eigenvalue weighted by Crippen LogP contribution is 2.28. The van der Waals surface area contributed by atoms with Gasteiger partial charge in [-0.1, -0.05) is 6.07 Å². The van der Waals surface area contributed by atoms with E-state index in [1.54, 1.807) is 29.9 Å². The summed E-state index contributed by atoms with van der Waals surface area (Å²) in [4.78, 5) is 14.0. The maximum Gasteiger partial charge on any atom is 0.268 e. The van der Waals surface area contributed by atoms with Gasteiger partial charge in [0.1, 0.15) is 5.69 Å². The van der Waals surface area contributed by atoms with Crippen LogP contribution in [0.4, 0.5) is 0 Å². The Labute approximate surface area is 135 Å². The minimum atomic E-state index is 0.370. The lowest BCUT2D eigenvalue weighted by molar-refractivity contribution is 0.582. The number of aromatic nitrogens is 5. The number of nitrogens with zero attached hydrogens (tertiary/aromatic N) is 5. The first-order valence-corrected chi connectivity index (χ1v) is 7.81. The first-order chi connectivity index (χ1) is 11.3. The van der Waals surface area contributed by atoms with Crippen LogP contribution in [0.25, 0.3) is 33.6 Å². The molecule has 0 spiro atoms. The second kappa shape index (κ2) is 5.69. The van der Waals surface area contributed by atoms with E-state index in [2.05, 4.69) is 25.1 Å². The molecule has 0 atom stereocenters. The number of pyridine rings is 1. The number of hydrogen-bond donors (Lipinski definition) is 0. The minimum absolute atomic E-state index is 0.370. The Morgan fingerprint density at radius 1 is 1.04 bits per heavy atom. The first-order valence-electron chi connectivity index (χ1n) is 6.93. The van der Waals surface area contributed by atoms with Crippen LogP contribution in [0, 0.1) is 6.92 Å². The third-order valence-corrected chi connectivity index (χ3v) is 4.15. The molecule has 0 unspecified atom stereocenters. The van der Waals surface area contributed by atoms with Gasteiger partial charge in [0.05, 0.1) is 22.5 Å². The summed E-state index contributed by atoms with van der Waals surface area (Å²) in [6.07, 6.45) is 5.17. The fourth-order valence-corrected chi connectivity index (χ4v) is 2.78. The molecular weight excluding hydrogens is 310 g/mol. The van der Waals surface area contributed by atoms with Gasteiger partial charge in [0.15, 0.2) is 0 Å². The molecule has 0 bridgehead atoms. The molecule has 4 rings (SSSR count). The molecule has 0 saturated heterocycles. The summed E-state index contributed by atoms with van der Waals surface area (Å²) in [5.74, 6) is 0.861. The van der Waals surface area contributed by atoms with Crippen LogP contribution in [0.2, 0.25) is 0 Å². The van der Waals surface area contributed by atoms with Gasteiger partial charge >= 0.3 is 0 Å². The summed E-state index contributed by atoms with van der Waals surface area (Å²) in [6, 6.07) is 7.65. The van der Waals surface area contributed by atoms with Gasteiger partial charge in [-0.3, -0.25) is 9.97 Å². The van der Waals surface area contributed by atoms with E-state index in [0.717, 1.165) is 21.8 Å². The van der Waals surface area contributed by atoms with Crippen LogP contribution in [0.15, 0.2) is 52.7 Å². The molecule has 23 heavy (non-hydrogen) atoms. The molecule has 0 radical (unpaired) electrons. The predicted molar refractivity (Wildman–Crippen MR) is 86.6 cm³/mol. The third kappa shape index (κ3) is 2.62. The van der Waals surface area contributed by atoms with E-state index in [0.29, 0.717) is 17.5 Å². The average Bonchev–Trinajstić information content (AvgIpc) is 3.27. The molecule has 0 fully saturated rings. The molecule has 6 nitrogen and oxygen atoms in total. The highest BCUT2D eigenvalue weighted by Gasteiger charge is 2.16. The second-order valence-corrected chi connectivity index (χ2v) is 5.76. The zero-order chi connectivity index (χ0) is 15.6. The first kappa shape index (κ1) is 13.7. The van der Waals surface area contributed by atoms with Crippen molar-refractivity contribution in [3.05, 3.63) is 53.9 Å². The van der Waals surface area contributed by atoms with Gasteiger partial charge in [0, 0.05) is 18.0 Å². The van der Waals surface area contributed by atoms with E-state index < -0.39 is 0 Å². The number of thiophene rings is 1. The number of hydrogen-bond acceptors (Lipinski definition) is 7. The SMILES string of the molecule is Cc1ncc(-c2ccncc2)nc1-c1nnc(-c2cccs2)o1. The topological polar surface area (TPSA) is 77.6 Å². The fourth-order valence-electron chi connectivity index (χ4n) is 2.13. The molecule has 0 aliphatic heterocycles. The van der Waals surface area contributed by atoms with Crippen molar-refractivity contribution >= 4 is 11.3 Å². The molecule has 0 aliphatic carbocycles. The van der Waals surface area contributed by atoms with E-state index in [-0.39, 0.29) is 0 Å². The summed E-state index contributed by atoms with van der Waals surface area (Å²) in [7, 11) is 0. The molecular formula is C16H11N5OS. The molecule has 0 saturated carbocycles.